The van der Waals surface area contributed by atoms with Gasteiger partial charge in [-0.3, -0.25) is 0 Å². The SMILES string of the molecule is CC(C)(C)[Si](C)(C)Oc1cc(F)c(Br)cc1F. The quantitative estimate of drug-likeness (QED) is 0.543. The minimum Gasteiger partial charge on any atom is -0.541 e. The van der Waals surface area contributed by atoms with Crippen LogP contribution in [0.15, 0.2) is 16.6 Å². The Morgan fingerprint density at radius 2 is 1.65 bits per heavy atom. The lowest BCUT2D eigenvalue weighted by atomic mass is 10.2. The normalized spacial score (nSPS) is 12.7. The van der Waals surface area contributed by atoms with Crippen molar-refractivity contribution in [3.63, 3.8) is 0 Å². The van der Waals surface area contributed by atoms with Crippen LogP contribution in [-0.2, 0) is 0 Å². The standard InChI is InChI=1S/C12H17BrF2OSi/c1-12(2,3)17(4,5)16-11-7-9(14)8(13)6-10(11)15/h6-7H,1-5H3. The highest BCUT2D eigenvalue weighted by Crippen LogP contribution is 2.38. The zero-order chi connectivity index (χ0) is 13.4. The van der Waals surface area contributed by atoms with Crippen molar-refractivity contribution < 1.29 is 13.2 Å². The summed E-state index contributed by atoms with van der Waals surface area (Å²) >= 11 is 2.94. The molecule has 1 aromatic rings. The average Bonchev–Trinajstić information content (AvgIpc) is 2.12. The molecule has 0 N–H and O–H groups in total. The van der Waals surface area contributed by atoms with Crippen LogP contribution in [0.3, 0.4) is 0 Å². The van der Waals surface area contributed by atoms with Gasteiger partial charge in [0.2, 0.25) is 0 Å². The number of benzene rings is 1. The van der Waals surface area contributed by atoms with Crippen molar-refractivity contribution in [1.82, 2.24) is 0 Å². The maximum atomic E-state index is 13.6. The third-order valence-electron chi connectivity index (χ3n) is 3.15. The number of halogens is 3. The molecule has 5 heteroatoms. The number of rotatable bonds is 2. The molecule has 1 nitrogen and oxygen atoms in total. The Kier molecular flexibility index (Phi) is 4.03. The molecule has 17 heavy (non-hydrogen) atoms. The van der Waals surface area contributed by atoms with E-state index in [9.17, 15) is 8.78 Å². The summed E-state index contributed by atoms with van der Waals surface area (Å²) in [6.45, 7) is 10.1. The first-order valence-electron chi connectivity index (χ1n) is 5.38. The Morgan fingerprint density at radius 3 is 2.12 bits per heavy atom. The highest BCUT2D eigenvalue weighted by Gasteiger charge is 2.39. The molecule has 0 aromatic heterocycles. The predicted octanol–water partition coefficient (Wildman–Crippen LogP) is 5.11. The van der Waals surface area contributed by atoms with Gasteiger partial charge < -0.3 is 4.43 Å². The molecule has 0 spiro atoms. The lowest BCUT2D eigenvalue weighted by Crippen LogP contribution is -2.44. The first kappa shape index (κ1) is 14.6. The van der Waals surface area contributed by atoms with Gasteiger partial charge in [-0.25, -0.2) is 8.78 Å². The van der Waals surface area contributed by atoms with Crippen molar-refractivity contribution >= 4 is 24.2 Å². The van der Waals surface area contributed by atoms with Crippen molar-refractivity contribution in [1.29, 1.82) is 0 Å². The smallest absolute Gasteiger partial charge is 0.250 e. The van der Waals surface area contributed by atoms with E-state index in [1.165, 1.54) is 0 Å². The molecular weight excluding hydrogens is 306 g/mol. The first-order valence-corrected chi connectivity index (χ1v) is 9.08. The molecule has 0 radical (unpaired) electrons. The van der Waals surface area contributed by atoms with Crippen molar-refractivity contribution in [3.05, 3.63) is 28.2 Å². The fraction of sp³-hybridized carbons (Fsp3) is 0.500. The summed E-state index contributed by atoms with van der Waals surface area (Å²) < 4.78 is 32.8. The van der Waals surface area contributed by atoms with Gasteiger partial charge in [-0.1, -0.05) is 20.8 Å². The monoisotopic (exact) mass is 322 g/mol. The van der Waals surface area contributed by atoms with Crippen LogP contribution in [0.25, 0.3) is 0 Å². The van der Waals surface area contributed by atoms with Gasteiger partial charge in [0.25, 0.3) is 8.32 Å². The molecule has 1 rings (SSSR count). The second-order valence-electron chi connectivity index (χ2n) is 5.56. The van der Waals surface area contributed by atoms with Crippen LogP contribution >= 0.6 is 15.9 Å². The summed E-state index contributed by atoms with van der Waals surface area (Å²) in [4.78, 5) is 0. The molecule has 1 aromatic carbocycles. The molecule has 0 aliphatic carbocycles. The first-order chi connectivity index (χ1) is 7.54. The molecule has 0 fully saturated rings. The van der Waals surface area contributed by atoms with Crippen LogP contribution in [0.1, 0.15) is 20.8 Å². The zero-order valence-electron chi connectivity index (χ0n) is 10.7. The van der Waals surface area contributed by atoms with E-state index in [0.29, 0.717) is 0 Å². The molecule has 0 saturated carbocycles. The van der Waals surface area contributed by atoms with Gasteiger partial charge in [0.15, 0.2) is 5.82 Å². The summed E-state index contributed by atoms with van der Waals surface area (Å²) in [5, 5.41) is -0.0526. The minimum absolute atomic E-state index is 0.00251. The van der Waals surface area contributed by atoms with Gasteiger partial charge in [0.05, 0.1) is 4.47 Å². The fourth-order valence-corrected chi connectivity index (χ4v) is 2.34. The van der Waals surface area contributed by atoms with Gasteiger partial charge in [-0.15, -0.1) is 0 Å². The van der Waals surface area contributed by atoms with Gasteiger partial charge in [0, 0.05) is 6.07 Å². The summed E-state index contributed by atoms with van der Waals surface area (Å²) in [5.41, 5.74) is 0. The molecule has 0 heterocycles. The fourth-order valence-electron chi connectivity index (χ4n) is 1.01. The van der Waals surface area contributed by atoms with Crippen molar-refractivity contribution in [3.8, 4) is 5.75 Å². The maximum absolute atomic E-state index is 13.6. The molecule has 96 valence electrons. The van der Waals surface area contributed by atoms with Crippen LogP contribution < -0.4 is 4.43 Å². The Bertz CT molecular complexity index is 427. The van der Waals surface area contributed by atoms with E-state index < -0.39 is 20.0 Å². The van der Waals surface area contributed by atoms with Crippen LogP contribution in [0.5, 0.6) is 5.75 Å². The highest BCUT2D eigenvalue weighted by molar-refractivity contribution is 9.10. The van der Waals surface area contributed by atoms with Gasteiger partial charge >= 0.3 is 0 Å². The van der Waals surface area contributed by atoms with E-state index >= 15 is 0 Å². The molecule has 0 amide bonds. The van der Waals surface area contributed by atoms with Crippen LogP contribution in [0, 0.1) is 11.6 Å². The van der Waals surface area contributed by atoms with Crippen LogP contribution in [-0.4, -0.2) is 8.32 Å². The molecule has 0 aliphatic rings. The average molecular weight is 323 g/mol. The lowest BCUT2D eigenvalue weighted by Gasteiger charge is -2.36. The number of hydrogen-bond acceptors (Lipinski definition) is 1. The third-order valence-corrected chi connectivity index (χ3v) is 8.10. The zero-order valence-corrected chi connectivity index (χ0v) is 13.3. The minimum atomic E-state index is -2.14. The summed E-state index contributed by atoms with van der Waals surface area (Å²) in [6.07, 6.45) is 0. The molecule has 0 saturated heterocycles. The second kappa shape index (κ2) is 4.69. The van der Waals surface area contributed by atoms with Gasteiger partial charge in [-0.05, 0) is 40.1 Å². The second-order valence-corrected chi connectivity index (χ2v) is 11.1. The lowest BCUT2D eigenvalue weighted by molar-refractivity contribution is 0.450. The van der Waals surface area contributed by atoms with E-state index in [2.05, 4.69) is 15.9 Å². The Labute approximate surface area is 110 Å². The Hall–Kier alpha value is -0.423. The van der Waals surface area contributed by atoms with E-state index in [-0.39, 0.29) is 15.3 Å². The van der Waals surface area contributed by atoms with E-state index in [0.717, 1.165) is 12.1 Å². The van der Waals surface area contributed by atoms with Crippen LogP contribution in [0.4, 0.5) is 8.78 Å². The van der Waals surface area contributed by atoms with E-state index in [1.807, 2.05) is 33.9 Å². The van der Waals surface area contributed by atoms with Gasteiger partial charge in [-0.2, -0.15) is 0 Å². The summed E-state index contributed by atoms with van der Waals surface area (Å²) in [5.74, 6) is -1.06. The van der Waals surface area contributed by atoms with Crippen molar-refractivity contribution in [2.45, 2.75) is 38.9 Å². The Balaban J connectivity index is 3.08. The maximum Gasteiger partial charge on any atom is 0.250 e. The summed E-state index contributed by atoms with van der Waals surface area (Å²) in [6, 6.07) is 2.19. The third kappa shape index (κ3) is 3.28. The molecular formula is C12H17BrF2OSi. The van der Waals surface area contributed by atoms with E-state index in [1.54, 1.807) is 0 Å². The largest absolute Gasteiger partial charge is 0.541 e. The molecule has 0 aliphatic heterocycles. The predicted molar refractivity (Wildman–Crippen MR) is 71.9 cm³/mol. The summed E-state index contributed by atoms with van der Waals surface area (Å²) in [7, 11) is -2.14. The molecule has 0 bridgehead atoms. The molecule has 0 atom stereocenters. The van der Waals surface area contributed by atoms with E-state index in [4.69, 9.17) is 4.43 Å². The molecule has 0 unspecified atom stereocenters. The van der Waals surface area contributed by atoms with Gasteiger partial charge in [0.1, 0.15) is 11.6 Å². The topological polar surface area (TPSA) is 9.23 Å². The highest BCUT2D eigenvalue weighted by atomic mass is 79.9. The van der Waals surface area contributed by atoms with Crippen molar-refractivity contribution in [2.24, 2.45) is 0 Å². The van der Waals surface area contributed by atoms with Crippen molar-refractivity contribution in [2.75, 3.05) is 0 Å². The van der Waals surface area contributed by atoms with Crippen LogP contribution in [0.2, 0.25) is 18.1 Å². The Morgan fingerprint density at radius 1 is 1.12 bits per heavy atom. The number of hydrogen-bond donors (Lipinski definition) is 0.